The van der Waals surface area contributed by atoms with E-state index in [0.717, 1.165) is 12.5 Å². The van der Waals surface area contributed by atoms with Gasteiger partial charge in [0.15, 0.2) is 0 Å². The van der Waals surface area contributed by atoms with E-state index >= 15 is 0 Å². The summed E-state index contributed by atoms with van der Waals surface area (Å²) < 4.78 is 26.2. The van der Waals surface area contributed by atoms with Crippen LogP contribution in [0.15, 0.2) is 18.2 Å². The first-order chi connectivity index (χ1) is 8.02. The van der Waals surface area contributed by atoms with Crippen LogP contribution in [0, 0.1) is 23.5 Å². The average molecular weight is 241 g/mol. The number of benzene rings is 1. The highest BCUT2D eigenvalue weighted by atomic mass is 19.1. The van der Waals surface area contributed by atoms with Gasteiger partial charge in [0.2, 0.25) is 0 Å². The molecule has 2 rings (SSSR count). The van der Waals surface area contributed by atoms with Gasteiger partial charge in [0.25, 0.3) is 0 Å². The topological polar surface area (TPSA) is 46.2 Å². The third kappa shape index (κ3) is 2.64. The van der Waals surface area contributed by atoms with Crippen molar-refractivity contribution in [3.05, 3.63) is 35.4 Å². The van der Waals surface area contributed by atoms with E-state index < -0.39 is 23.7 Å². The quantitative estimate of drug-likeness (QED) is 0.847. The monoisotopic (exact) mass is 241 g/mol. The lowest BCUT2D eigenvalue weighted by atomic mass is 9.90. The molecule has 4 atom stereocenters. The molecule has 0 heterocycles. The van der Waals surface area contributed by atoms with Gasteiger partial charge in [0.1, 0.15) is 11.6 Å². The van der Waals surface area contributed by atoms with Crippen LogP contribution < -0.4 is 5.73 Å². The van der Waals surface area contributed by atoms with E-state index in [0.29, 0.717) is 11.5 Å². The number of aliphatic hydroxyl groups is 1. The van der Waals surface area contributed by atoms with Crippen molar-refractivity contribution >= 4 is 0 Å². The molecule has 1 aliphatic rings. The van der Waals surface area contributed by atoms with E-state index in [1.54, 1.807) is 0 Å². The number of nitrogens with two attached hydrogens (primary N) is 1. The van der Waals surface area contributed by atoms with Crippen LogP contribution in [0.1, 0.15) is 24.8 Å². The van der Waals surface area contributed by atoms with Gasteiger partial charge in [-0.05, 0) is 36.0 Å². The van der Waals surface area contributed by atoms with Crippen molar-refractivity contribution in [1.29, 1.82) is 0 Å². The lowest BCUT2D eigenvalue weighted by Crippen LogP contribution is -2.28. The van der Waals surface area contributed by atoms with Gasteiger partial charge in [0, 0.05) is 18.5 Å². The highest BCUT2D eigenvalue weighted by Gasteiger charge is 2.42. The van der Waals surface area contributed by atoms with E-state index in [9.17, 15) is 13.9 Å². The Morgan fingerprint density at radius 3 is 2.29 bits per heavy atom. The third-order valence-corrected chi connectivity index (χ3v) is 3.59. The number of aliphatic hydroxyl groups excluding tert-OH is 1. The third-order valence-electron chi connectivity index (χ3n) is 3.59. The predicted octanol–water partition coefficient (Wildman–Crippen LogP) is 2.02. The minimum Gasteiger partial charge on any atom is -0.392 e. The van der Waals surface area contributed by atoms with Crippen LogP contribution >= 0.6 is 0 Å². The molecule has 0 bridgehead atoms. The van der Waals surface area contributed by atoms with Crippen LogP contribution in [-0.2, 0) is 0 Å². The Morgan fingerprint density at radius 2 is 1.88 bits per heavy atom. The highest BCUT2D eigenvalue weighted by Crippen LogP contribution is 2.44. The standard InChI is InChI=1S/C13H17F2NO/c1-7-2-11(7)13(17)12(6-16)8-3-9(14)5-10(15)4-8/h3-5,7,11-13,17H,2,6,16H2,1H3. The fourth-order valence-electron chi connectivity index (χ4n) is 2.39. The van der Waals surface area contributed by atoms with E-state index in [2.05, 4.69) is 0 Å². The Labute approximate surface area is 99.4 Å². The molecule has 4 unspecified atom stereocenters. The molecule has 1 fully saturated rings. The minimum absolute atomic E-state index is 0.188. The van der Waals surface area contributed by atoms with Crippen molar-refractivity contribution in [2.24, 2.45) is 17.6 Å². The van der Waals surface area contributed by atoms with Crippen molar-refractivity contribution in [2.45, 2.75) is 25.4 Å². The number of halogens is 2. The van der Waals surface area contributed by atoms with E-state index in [1.807, 2.05) is 6.92 Å². The second-order valence-corrected chi connectivity index (χ2v) is 4.91. The maximum atomic E-state index is 13.1. The van der Waals surface area contributed by atoms with Crippen LogP contribution in [0.4, 0.5) is 8.78 Å². The Kier molecular flexibility index (Phi) is 3.45. The van der Waals surface area contributed by atoms with Crippen molar-refractivity contribution in [1.82, 2.24) is 0 Å². The smallest absolute Gasteiger partial charge is 0.126 e. The zero-order chi connectivity index (χ0) is 12.6. The molecule has 94 valence electrons. The van der Waals surface area contributed by atoms with Gasteiger partial charge in [-0.3, -0.25) is 0 Å². The molecule has 0 spiro atoms. The molecule has 0 radical (unpaired) electrons. The van der Waals surface area contributed by atoms with E-state index in [4.69, 9.17) is 5.73 Å². The van der Waals surface area contributed by atoms with Crippen LogP contribution in [0.3, 0.4) is 0 Å². The molecule has 0 aromatic heterocycles. The summed E-state index contributed by atoms with van der Waals surface area (Å²) >= 11 is 0. The molecule has 0 amide bonds. The first kappa shape index (κ1) is 12.5. The second kappa shape index (κ2) is 4.70. The van der Waals surface area contributed by atoms with E-state index in [1.165, 1.54) is 12.1 Å². The Bertz CT molecular complexity index is 390. The largest absolute Gasteiger partial charge is 0.392 e. The molecule has 0 aliphatic heterocycles. The molecule has 1 aromatic carbocycles. The molecule has 0 saturated heterocycles. The number of hydrogen-bond acceptors (Lipinski definition) is 2. The predicted molar refractivity (Wildman–Crippen MR) is 61.4 cm³/mol. The molecule has 2 nitrogen and oxygen atoms in total. The second-order valence-electron chi connectivity index (χ2n) is 4.91. The number of rotatable bonds is 4. The first-order valence-electron chi connectivity index (χ1n) is 5.87. The summed E-state index contributed by atoms with van der Waals surface area (Å²) in [6.45, 7) is 2.24. The fourth-order valence-corrected chi connectivity index (χ4v) is 2.39. The van der Waals surface area contributed by atoms with Crippen molar-refractivity contribution in [2.75, 3.05) is 6.54 Å². The van der Waals surface area contributed by atoms with Gasteiger partial charge >= 0.3 is 0 Å². The summed E-state index contributed by atoms with van der Waals surface area (Å²) in [5, 5.41) is 10.1. The molecule has 3 N–H and O–H groups in total. The highest BCUT2D eigenvalue weighted by molar-refractivity contribution is 5.24. The zero-order valence-corrected chi connectivity index (χ0v) is 9.74. The Morgan fingerprint density at radius 1 is 1.35 bits per heavy atom. The van der Waals surface area contributed by atoms with Gasteiger partial charge in [-0.15, -0.1) is 0 Å². The lowest BCUT2D eigenvalue weighted by Gasteiger charge is -2.22. The fraction of sp³-hybridized carbons (Fsp3) is 0.538. The van der Waals surface area contributed by atoms with Crippen LogP contribution in [0.2, 0.25) is 0 Å². The molecular formula is C13H17F2NO. The summed E-state index contributed by atoms with van der Waals surface area (Å²) in [4.78, 5) is 0. The van der Waals surface area contributed by atoms with Gasteiger partial charge in [0.05, 0.1) is 6.10 Å². The summed E-state index contributed by atoms with van der Waals surface area (Å²) in [5.74, 6) is -0.980. The maximum Gasteiger partial charge on any atom is 0.126 e. The Hall–Kier alpha value is -1.00. The molecular weight excluding hydrogens is 224 g/mol. The summed E-state index contributed by atoms with van der Waals surface area (Å²) in [6, 6.07) is 3.32. The lowest BCUT2D eigenvalue weighted by molar-refractivity contribution is 0.117. The maximum absolute atomic E-state index is 13.1. The van der Waals surface area contributed by atoms with Gasteiger partial charge in [-0.1, -0.05) is 6.92 Å². The first-order valence-corrected chi connectivity index (χ1v) is 5.87. The molecule has 17 heavy (non-hydrogen) atoms. The molecule has 1 saturated carbocycles. The zero-order valence-electron chi connectivity index (χ0n) is 9.74. The summed E-state index contributed by atoms with van der Waals surface area (Å²) in [5.41, 5.74) is 6.05. The number of hydrogen-bond donors (Lipinski definition) is 2. The summed E-state index contributed by atoms with van der Waals surface area (Å²) in [6.07, 6.45) is 0.339. The summed E-state index contributed by atoms with van der Waals surface area (Å²) in [7, 11) is 0. The minimum atomic E-state index is -0.630. The molecule has 1 aliphatic carbocycles. The van der Waals surface area contributed by atoms with E-state index in [-0.39, 0.29) is 12.5 Å². The van der Waals surface area contributed by atoms with Crippen LogP contribution in [-0.4, -0.2) is 17.8 Å². The van der Waals surface area contributed by atoms with Crippen molar-refractivity contribution in [3.8, 4) is 0 Å². The molecule has 1 aromatic rings. The van der Waals surface area contributed by atoms with Gasteiger partial charge < -0.3 is 10.8 Å². The molecule has 4 heteroatoms. The normalized spacial score (nSPS) is 26.6. The SMILES string of the molecule is CC1CC1C(O)C(CN)c1cc(F)cc(F)c1. The van der Waals surface area contributed by atoms with Gasteiger partial charge in [-0.25, -0.2) is 8.78 Å². The Balaban J connectivity index is 2.22. The van der Waals surface area contributed by atoms with Crippen molar-refractivity contribution < 1.29 is 13.9 Å². The van der Waals surface area contributed by atoms with Gasteiger partial charge in [-0.2, -0.15) is 0 Å². The van der Waals surface area contributed by atoms with Crippen LogP contribution in [0.5, 0.6) is 0 Å². The van der Waals surface area contributed by atoms with Crippen molar-refractivity contribution in [3.63, 3.8) is 0 Å². The van der Waals surface area contributed by atoms with Crippen LogP contribution in [0.25, 0.3) is 0 Å². The average Bonchev–Trinajstić information content (AvgIpc) is 2.95.